The number of para-hydroxylation sites is 1. The van der Waals surface area contributed by atoms with E-state index in [0.29, 0.717) is 11.3 Å². The quantitative estimate of drug-likeness (QED) is 0.806. The smallest absolute Gasteiger partial charge is 0.303 e. The van der Waals surface area contributed by atoms with Gasteiger partial charge in [-0.05, 0) is 36.4 Å². The monoisotopic (exact) mass is 371 g/mol. The molecule has 0 radical (unpaired) electrons. The van der Waals surface area contributed by atoms with Gasteiger partial charge >= 0.3 is 5.97 Å². The van der Waals surface area contributed by atoms with Gasteiger partial charge in [0.1, 0.15) is 0 Å². The van der Waals surface area contributed by atoms with E-state index in [1.54, 1.807) is 18.2 Å². The lowest BCUT2D eigenvalue weighted by Gasteiger charge is -2.06. The van der Waals surface area contributed by atoms with E-state index in [-0.39, 0.29) is 18.7 Å². The number of aliphatic carboxylic acids is 1. The molecule has 2 aromatic carbocycles. The van der Waals surface area contributed by atoms with Crippen LogP contribution in [0.25, 0.3) is 0 Å². The van der Waals surface area contributed by atoms with Crippen LogP contribution in [0.3, 0.4) is 0 Å². The maximum atomic E-state index is 11.8. The lowest BCUT2D eigenvalue weighted by molar-refractivity contribution is -0.138. The lowest BCUT2D eigenvalue weighted by Crippen LogP contribution is -2.13. The Labute approximate surface area is 142 Å². The van der Waals surface area contributed by atoms with Crippen molar-refractivity contribution in [2.75, 3.05) is 5.32 Å². The third-order valence-electron chi connectivity index (χ3n) is 2.95. The fourth-order valence-electron chi connectivity index (χ4n) is 1.81. The molecule has 0 bridgehead atoms. The zero-order valence-corrected chi connectivity index (χ0v) is 13.8. The topological polar surface area (TPSA) is 66.4 Å². The number of benzene rings is 2. The second-order valence-corrected chi connectivity index (χ2v) is 5.66. The molecular formula is C18H14BrNO3. The normalized spacial score (nSPS) is 9.61. The summed E-state index contributed by atoms with van der Waals surface area (Å²) in [7, 11) is 0. The van der Waals surface area contributed by atoms with Gasteiger partial charge in [-0.3, -0.25) is 9.59 Å². The zero-order valence-electron chi connectivity index (χ0n) is 12.2. The summed E-state index contributed by atoms with van der Waals surface area (Å²) >= 11 is 3.37. The maximum Gasteiger partial charge on any atom is 0.303 e. The van der Waals surface area contributed by atoms with E-state index < -0.39 is 5.97 Å². The molecule has 5 heteroatoms. The maximum absolute atomic E-state index is 11.8. The van der Waals surface area contributed by atoms with Crippen LogP contribution in [-0.2, 0) is 9.59 Å². The third-order valence-corrected chi connectivity index (χ3v) is 3.48. The number of carbonyl (C=O) groups excluding carboxylic acids is 1. The van der Waals surface area contributed by atoms with E-state index in [4.69, 9.17) is 5.11 Å². The molecule has 0 heterocycles. The molecule has 0 aliphatic heterocycles. The van der Waals surface area contributed by atoms with Crippen LogP contribution in [0.2, 0.25) is 0 Å². The minimum atomic E-state index is -0.997. The molecule has 4 nitrogen and oxygen atoms in total. The van der Waals surface area contributed by atoms with Gasteiger partial charge in [0.25, 0.3) is 0 Å². The van der Waals surface area contributed by atoms with Crippen molar-refractivity contribution in [3.05, 3.63) is 64.1 Å². The Morgan fingerprint density at radius 2 is 1.70 bits per heavy atom. The first-order valence-corrected chi connectivity index (χ1v) is 7.72. The van der Waals surface area contributed by atoms with Gasteiger partial charge in [0.15, 0.2) is 0 Å². The number of rotatable bonds is 4. The highest BCUT2D eigenvalue weighted by Crippen LogP contribution is 2.15. The Morgan fingerprint density at radius 3 is 2.39 bits per heavy atom. The summed E-state index contributed by atoms with van der Waals surface area (Å²) in [4.78, 5) is 22.3. The van der Waals surface area contributed by atoms with Crippen LogP contribution in [-0.4, -0.2) is 17.0 Å². The molecule has 23 heavy (non-hydrogen) atoms. The Kier molecular flexibility index (Phi) is 5.95. The molecule has 2 rings (SSSR count). The zero-order chi connectivity index (χ0) is 16.7. The molecule has 0 spiro atoms. The molecule has 0 fully saturated rings. The number of amides is 1. The van der Waals surface area contributed by atoms with Gasteiger partial charge in [-0.15, -0.1) is 0 Å². The van der Waals surface area contributed by atoms with E-state index in [0.717, 1.165) is 10.0 Å². The van der Waals surface area contributed by atoms with Crippen LogP contribution in [0, 0.1) is 11.8 Å². The summed E-state index contributed by atoms with van der Waals surface area (Å²) in [5.41, 5.74) is 2.12. The van der Waals surface area contributed by atoms with Crippen molar-refractivity contribution in [1.82, 2.24) is 0 Å². The summed E-state index contributed by atoms with van der Waals surface area (Å²) < 4.78 is 0.981. The molecule has 2 N–H and O–H groups in total. The van der Waals surface area contributed by atoms with E-state index in [1.807, 2.05) is 30.3 Å². The first kappa shape index (κ1) is 16.8. The Morgan fingerprint density at radius 1 is 1.00 bits per heavy atom. The van der Waals surface area contributed by atoms with Gasteiger partial charge < -0.3 is 10.4 Å². The van der Waals surface area contributed by atoms with Crippen molar-refractivity contribution in [2.45, 2.75) is 12.8 Å². The fourth-order valence-corrected chi connectivity index (χ4v) is 2.07. The lowest BCUT2D eigenvalue weighted by atomic mass is 10.1. The highest BCUT2D eigenvalue weighted by Gasteiger charge is 2.07. The number of anilines is 1. The highest BCUT2D eigenvalue weighted by atomic mass is 79.9. The summed E-state index contributed by atoms with van der Waals surface area (Å²) in [6.45, 7) is 0. The highest BCUT2D eigenvalue weighted by molar-refractivity contribution is 9.10. The van der Waals surface area contributed by atoms with E-state index in [1.165, 1.54) is 0 Å². The van der Waals surface area contributed by atoms with Crippen molar-refractivity contribution in [1.29, 1.82) is 0 Å². The van der Waals surface area contributed by atoms with Gasteiger partial charge in [-0.2, -0.15) is 0 Å². The number of carboxylic acids is 1. The predicted molar refractivity (Wildman–Crippen MR) is 92.1 cm³/mol. The molecular weight excluding hydrogens is 358 g/mol. The summed E-state index contributed by atoms with van der Waals surface area (Å²) in [5, 5.41) is 11.3. The van der Waals surface area contributed by atoms with Crippen LogP contribution < -0.4 is 5.32 Å². The van der Waals surface area contributed by atoms with Crippen LogP contribution in [0.15, 0.2) is 53.0 Å². The number of carboxylic acid groups (broad SMARTS) is 1. The predicted octanol–water partition coefficient (Wildman–Crippen LogP) is 3.65. The molecule has 0 aromatic heterocycles. The number of hydrogen-bond acceptors (Lipinski definition) is 2. The van der Waals surface area contributed by atoms with Gasteiger partial charge in [-0.25, -0.2) is 0 Å². The minimum Gasteiger partial charge on any atom is -0.481 e. The number of halogens is 1. The third kappa shape index (κ3) is 5.61. The Bertz CT molecular complexity index is 773. The minimum absolute atomic E-state index is 0.0657. The summed E-state index contributed by atoms with van der Waals surface area (Å²) in [6, 6.07) is 14.8. The fraction of sp³-hybridized carbons (Fsp3) is 0.111. The van der Waals surface area contributed by atoms with E-state index >= 15 is 0 Å². The molecule has 116 valence electrons. The molecule has 0 saturated carbocycles. The molecule has 0 aliphatic carbocycles. The summed E-state index contributed by atoms with van der Waals surface area (Å²) in [5.74, 6) is 4.72. The molecule has 0 saturated heterocycles. The van der Waals surface area contributed by atoms with E-state index in [9.17, 15) is 9.59 Å². The second-order valence-electron chi connectivity index (χ2n) is 4.74. The number of hydrogen-bond donors (Lipinski definition) is 2. The van der Waals surface area contributed by atoms with Crippen LogP contribution in [0.4, 0.5) is 5.69 Å². The second kappa shape index (κ2) is 8.16. The molecule has 2 aromatic rings. The SMILES string of the molecule is O=C(O)CCC(=O)Nc1ccccc1C#Cc1ccc(Br)cc1. The van der Waals surface area contributed by atoms with Gasteiger partial charge in [0.2, 0.25) is 5.91 Å². The van der Waals surface area contributed by atoms with Crippen molar-refractivity contribution in [3.8, 4) is 11.8 Å². The van der Waals surface area contributed by atoms with Crippen molar-refractivity contribution >= 4 is 33.5 Å². The Hall–Kier alpha value is -2.58. The van der Waals surface area contributed by atoms with Crippen molar-refractivity contribution in [3.63, 3.8) is 0 Å². The van der Waals surface area contributed by atoms with E-state index in [2.05, 4.69) is 33.1 Å². The van der Waals surface area contributed by atoms with Crippen molar-refractivity contribution < 1.29 is 14.7 Å². The van der Waals surface area contributed by atoms with Crippen LogP contribution in [0.1, 0.15) is 24.0 Å². The first-order valence-electron chi connectivity index (χ1n) is 6.93. The van der Waals surface area contributed by atoms with Crippen LogP contribution in [0.5, 0.6) is 0 Å². The average Bonchev–Trinajstić information content (AvgIpc) is 2.53. The van der Waals surface area contributed by atoms with Crippen LogP contribution >= 0.6 is 15.9 Å². The van der Waals surface area contributed by atoms with Gasteiger partial charge in [-0.1, -0.05) is 39.9 Å². The molecule has 0 atom stereocenters. The van der Waals surface area contributed by atoms with Gasteiger partial charge in [0.05, 0.1) is 12.1 Å². The molecule has 1 amide bonds. The standard InChI is InChI=1S/C18H14BrNO3/c19-15-9-6-13(7-10-15)5-8-14-3-1-2-4-16(14)20-17(21)11-12-18(22)23/h1-4,6-7,9-10H,11-12H2,(H,20,21)(H,22,23). The Balaban J connectivity index is 2.13. The number of nitrogens with one attached hydrogen (secondary N) is 1. The van der Waals surface area contributed by atoms with Gasteiger partial charge in [0, 0.05) is 22.0 Å². The average molecular weight is 372 g/mol. The molecule has 0 aliphatic rings. The largest absolute Gasteiger partial charge is 0.481 e. The van der Waals surface area contributed by atoms with Crippen molar-refractivity contribution in [2.24, 2.45) is 0 Å². The number of carbonyl (C=O) groups is 2. The summed E-state index contributed by atoms with van der Waals surface area (Å²) in [6.07, 6.45) is -0.262. The first-order chi connectivity index (χ1) is 11.0. The molecule has 0 unspecified atom stereocenters.